The Bertz CT molecular complexity index is 686. The Hall–Kier alpha value is -2.83. The third-order valence-corrected chi connectivity index (χ3v) is 2.90. The lowest BCUT2D eigenvalue weighted by Gasteiger charge is -2.19. The molecule has 0 saturated heterocycles. The molecule has 0 spiro atoms. The molecule has 0 radical (unpaired) electrons. The Labute approximate surface area is 154 Å². The van der Waals surface area contributed by atoms with Crippen LogP contribution in [0.1, 0.15) is 41.0 Å². The predicted octanol–water partition coefficient (Wildman–Crippen LogP) is 3.44. The van der Waals surface area contributed by atoms with Crippen molar-refractivity contribution in [2.45, 2.75) is 46.6 Å². The average molecular weight is 361 g/mol. The molecule has 3 amide bonds. The third-order valence-electron chi connectivity index (χ3n) is 2.90. The van der Waals surface area contributed by atoms with E-state index in [0.29, 0.717) is 11.4 Å². The van der Waals surface area contributed by atoms with Crippen molar-refractivity contribution in [3.8, 4) is 0 Å². The first-order chi connectivity index (χ1) is 12.1. The molecule has 7 heteroatoms. The maximum atomic E-state index is 12.1. The van der Waals surface area contributed by atoms with Gasteiger partial charge in [0.15, 0.2) is 0 Å². The van der Waals surface area contributed by atoms with Gasteiger partial charge in [0, 0.05) is 19.0 Å². The van der Waals surface area contributed by atoms with Crippen LogP contribution in [0.4, 0.5) is 16.2 Å². The Balaban J connectivity index is 2.56. The minimum absolute atomic E-state index is 0.0789. The molecule has 7 nitrogen and oxygen atoms in total. The van der Waals surface area contributed by atoms with E-state index in [1.165, 1.54) is 6.08 Å². The molecule has 0 saturated carbocycles. The number of allylic oxidation sites excluding steroid dienone is 1. The van der Waals surface area contributed by atoms with Crippen molar-refractivity contribution in [1.29, 1.82) is 0 Å². The van der Waals surface area contributed by atoms with Crippen LogP contribution in [0.25, 0.3) is 0 Å². The van der Waals surface area contributed by atoms with Crippen LogP contribution in [-0.2, 0) is 14.3 Å². The van der Waals surface area contributed by atoms with Crippen molar-refractivity contribution in [2.24, 2.45) is 0 Å². The number of hydrogen-bond acceptors (Lipinski definition) is 4. The summed E-state index contributed by atoms with van der Waals surface area (Å²) in [5.41, 5.74) is 1.28. The number of rotatable bonds is 6. The zero-order valence-corrected chi connectivity index (χ0v) is 15.9. The zero-order valence-electron chi connectivity index (χ0n) is 15.9. The van der Waals surface area contributed by atoms with Crippen molar-refractivity contribution in [3.63, 3.8) is 0 Å². The predicted molar refractivity (Wildman–Crippen MR) is 102 cm³/mol. The number of para-hydroxylation sites is 2. The van der Waals surface area contributed by atoms with Gasteiger partial charge >= 0.3 is 6.09 Å². The highest BCUT2D eigenvalue weighted by Gasteiger charge is 2.16. The summed E-state index contributed by atoms with van der Waals surface area (Å²) in [5, 5.41) is 7.98. The first kappa shape index (κ1) is 21.2. The summed E-state index contributed by atoms with van der Waals surface area (Å²) >= 11 is 0. The molecule has 0 atom stereocenters. The van der Waals surface area contributed by atoms with E-state index in [9.17, 15) is 14.4 Å². The molecule has 1 rings (SSSR count). The van der Waals surface area contributed by atoms with Crippen LogP contribution in [0.15, 0.2) is 35.9 Å². The summed E-state index contributed by atoms with van der Waals surface area (Å²) in [4.78, 5) is 35.5. The van der Waals surface area contributed by atoms with E-state index in [1.807, 2.05) is 13.8 Å². The number of anilines is 2. The lowest BCUT2D eigenvalue weighted by atomic mass is 10.2. The fraction of sp³-hybridized carbons (Fsp3) is 0.421. The summed E-state index contributed by atoms with van der Waals surface area (Å²) in [6, 6.07) is 6.91. The molecule has 1 aromatic carbocycles. The largest absolute Gasteiger partial charge is 0.444 e. The Morgan fingerprint density at radius 1 is 1.04 bits per heavy atom. The van der Waals surface area contributed by atoms with Gasteiger partial charge in [0.25, 0.3) is 0 Å². The quantitative estimate of drug-likeness (QED) is 0.676. The fourth-order valence-electron chi connectivity index (χ4n) is 1.94. The van der Waals surface area contributed by atoms with Gasteiger partial charge in [-0.1, -0.05) is 17.7 Å². The van der Waals surface area contributed by atoms with E-state index in [0.717, 1.165) is 5.57 Å². The van der Waals surface area contributed by atoms with Crippen LogP contribution in [0, 0.1) is 0 Å². The maximum Gasteiger partial charge on any atom is 0.407 e. The van der Waals surface area contributed by atoms with Gasteiger partial charge in [-0.05, 0) is 46.8 Å². The minimum atomic E-state index is -0.589. The second kappa shape index (κ2) is 9.60. The van der Waals surface area contributed by atoms with Crippen molar-refractivity contribution in [2.75, 3.05) is 17.2 Å². The van der Waals surface area contributed by atoms with Gasteiger partial charge in [-0.15, -0.1) is 0 Å². The molecule has 0 aliphatic carbocycles. The molecule has 26 heavy (non-hydrogen) atoms. The molecule has 0 aliphatic heterocycles. The first-order valence-corrected chi connectivity index (χ1v) is 8.38. The van der Waals surface area contributed by atoms with Crippen molar-refractivity contribution in [3.05, 3.63) is 35.9 Å². The first-order valence-electron chi connectivity index (χ1n) is 8.38. The zero-order chi connectivity index (χ0) is 19.7. The van der Waals surface area contributed by atoms with Crippen molar-refractivity contribution in [1.82, 2.24) is 5.32 Å². The van der Waals surface area contributed by atoms with Crippen LogP contribution in [0.5, 0.6) is 0 Å². The Kier molecular flexibility index (Phi) is 7.83. The molecule has 0 heterocycles. The molecular weight excluding hydrogens is 334 g/mol. The van der Waals surface area contributed by atoms with Gasteiger partial charge in [-0.3, -0.25) is 9.59 Å². The van der Waals surface area contributed by atoms with E-state index in [4.69, 9.17) is 4.74 Å². The number of carbonyl (C=O) groups excluding carboxylic acids is 3. The van der Waals surface area contributed by atoms with E-state index in [2.05, 4.69) is 16.0 Å². The van der Waals surface area contributed by atoms with Crippen LogP contribution in [0.3, 0.4) is 0 Å². The van der Waals surface area contributed by atoms with Crippen molar-refractivity contribution >= 4 is 29.3 Å². The molecule has 142 valence electrons. The number of benzene rings is 1. The van der Waals surface area contributed by atoms with Gasteiger partial charge in [-0.2, -0.15) is 0 Å². The smallest absolute Gasteiger partial charge is 0.407 e. The van der Waals surface area contributed by atoms with Gasteiger partial charge in [-0.25, -0.2) is 4.79 Å². The van der Waals surface area contributed by atoms with Crippen LogP contribution in [-0.4, -0.2) is 30.1 Å². The summed E-state index contributed by atoms with van der Waals surface area (Å²) < 4.78 is 5.10. The van der Waals surface area contributed by atoms with E-state index in [-0.39, 0.29) is 24.8 Å². The maximum absolute atomic E-state index is 12.1. The monoisotopic (exact) mass is 361 g/mol. The lowest BCUT2D eigenvalue weighted by molar-refractivity contribution is -0.116. The number of amides is 3. The van der Waals surface area contributed by atoms with E-state index >= 15 is 0 Å². The highest BCUT2D eigenvalue weighted by atomic mass is 16.6. The normalized spacial score (nSPS) is 10.5. The highest BCUT2D eigenvalue weighted by molar-refractivity contribution is 6.04. The van der Waals surface area contributed by atoms with Gasteiger partial charge in [0.05, 0.1) is 11.4 Å². The molecule has 0 fully saturated rings. The molecule has 0 unspecified atom stereocenters. The Morgan fingerprint density at radius 2 is 1.62 bits per heavy atom. The topological polar surface area (TPSA) is 96.5 Å². The van der Waals surface area contributed by atoms with E-state index < -0.39 is 11.7 Å². The average Bonchev–Trinajstić information content (AvgIpc) is 2.46. The SMILES string of the molecule is CC(C)=CC(=O)Nc1ccccc1NC(=O)CCNC(=O)OC(C)(C)C. The molecule has 3 N–H and O–H groups in total. The summed E-state index contributed by atoms with van der Waals surface area (Å²) in [5.74, 6) is -0.553. The fourth-order valence-corrected chi connectivity index (χ4v) is 1.94. The second-order valence-corrected chi connectivity index (χ2v) is 6.98. The second-order valence-electron chi connectivity index (χ2n) is 6.98. The van der Waals surface area contributed by atoms with Gasteiger partial charge < -0.3 is 20.7 Å². The van der Waals surface area contributed by atoms with Crippen molar-refractivity contribution < 1.29 is 19.1 Å². The van der Waals surface area contributed by atoms with Gasteiger partial charge in [0.2, 0.25) is 11.8 Å². The standard InChI is InChI=1S/C19H27N3O4/c1-13(2)12-17(24)22-15-9-7-6-8-14(15)21-16(23)10-11-20-18(25)26-19(3,4)5/h6-9,12H,10-11H2,1-5H3,(H,20,25)(H,21,23)(H,22,24). The molecule has 0 aromatic heterocycles. The molecule has 1 aromatic rings. The van der Waals surface area contributed by atoms with Gasteiger partial charge in [0.1, 0.15) is 5.60 Å². The van der Waals surface area contributed by atoms with Crippen LogP contribution < -0.4 is 16.0 Å². The van der Waals surface area contributed by atoms with Crippen LogP contribution in [0.2, 0.25) is 0 Å². The summed E-state index contributed by atoms with van der Waals surface area (Å²) in [7, 11) is 0. The molecule has 0 aliphatic rings. The molecule has 0 bridgehead atoms. The van der Waals surface area contributed by atoms with Crippen LogP contribution >= 0.6 is 0 Å². The number of alkyl carbamates (subject to hydrolysis) is 1. The van der Waals surface area contributed by atoms with E-state index in [1.54, 1.807) is 45.0 Å². The summed E-state index contributed by atoms with van der Waals surface area (Å²) in [6.45, 7) is 9.09. The summed E-state index contributed by atoms with van der Waals surface area (Å²) in [6.07, 6.45) is 0.985. The molecular formula is C19H27N3O4. The Morgan fingerprint density at radius 3 is 2.15 bits per heavy atom. The third kappa shape index (κ3) is 8.86. The highest BCUT2D eigenvalue weighted by Crippen LogP contribution is 2.21. The number of nitrogens with one attached hydrogen (secondary N) is 3. The lowest BCUT2D eigenvalue weighted by Crippen LogP contribution is -2.34. The minimum Gasteiger partial charge on any atom is -0.444 e. The number of carbonyl (C=O) groups is 3. The number of ether oxygens (including phenoxy) is 1. The number of hydrogen-bond donors (Lipinski definition) is 3.